The molecule has 0 saturated heterocycles. The van der Waals surface area contributed by atoms with E-state index in [0.29, 0.717) is 0 Å². The van der Waals surface area contributed by atoms with Crippen molar-refractivity contribution >= 4 is 18.3 Å². The van der Waals surface area contributed by atoms with E-state index in [4.69, 9.17) is 0 Å². The van der Waals surface area contributed by atoms with E-state index in [1.54, 1.807) is 0 Å². The molecule has 0 spiro atoms. The van der Waals surface area contributed by atoms with Crippen molar-refractivity contribution in [1.82, 2.24) is 10.2 Å². The van der Waals surface area contributed by atoms with E-state index in [9.17, 15) is 4.79 Å². The summed E-state index contributed by atoms with van der Waals surface area (Å²) in [7, 11) is 0. The second-order valence-electron chi connectivity index (χ2n) is 5.87. The van der Waals surface area contributed by atoms with Crippen molar-refractivity contribution in [1.29, 1.82) is 0 Å². The third kappa shape index (κ3) is 2.62. The minimum atomic E-state index is -0.0887. The van der Waals surface area contributed by atoms with Gasteiger partial charge in [0.1, 0.15) is 0 Å². The van der Waals surface area contributed by atoms with Gasteiger partial charge in [-0.3, -0.25) is 4.79 Å². The summed E-state index contributed by atoms with van der Waals surface area (Å²) in [6, 6.07) is 16.6. The second-order valence-corrected chi connectivity index (χ2v) is 5.87. The number of benzene rings is 2. The quantitative estimate of drug-likeness (QED) is 0.877. The fraction of sp³-hybridized carbons (Fsp3) is 0.278. The van der Waals surface area contributed by atoms with Gasteiger partial charge < -0.3 is 10.2 Å². The van der Waals surface area contributed by atoms with E-state index in [1.165, 1.54) is 22.3 Å². The molecule has 2 aliphatic rings. The van der Waals surface area contributed by atoms with Gasteiger partial charge in [-0.05, 0) is 28.7 Å². The van der Waals surface area contributed by atoms with E-state index < -0.39 is 0 Å². The van der Waals surface area contributed by atoms with Crippen LogP contribution in [0.3, 0.4) is 0 Å². The third-order valence-electron chi connectivity index (χ3n) is 4.53. The number of nitrogens with one attached hydrogen (secondary N) is 1. The van der Waals surface area contributed by atoms with Crippen LogP contribution in [0.15, 0.2) is 48.5 Å². The molecule has 2 aromatic carbocycles. The van der Waals surface area contributed by atoms with Gasteiger partial charge >= 0.3 is 0 Å². The van der Waals surface area contributed by atoms with Crippen LogP contribution in [-0.4, -0.2) is 16.8 Å². The summed E-state index contributed by atoms with van der Waals surface area (Å²) in [6.45, 7) is 2.27. The molecule has 2 aromatic rings. The molecule has 2 aliphatic heterocycles. The highest BCUT2D eigenvalue weighted by Crippen LogP contribution is 2.24. The topological polar surface area (TPSA) is 32.3 Å². The Hall–Kier alpha value is -1.84. The molecular formula is C18H19ClN2O. The van der Waals surface area contributed by atoms with Crippen LogP contribution >= 0.6 is 12.4 Å². The molecule has 0 aliphatic carbocycles. The molecule has 0 bridgehead atoms. The Bertz CT molecular complexity index is 676. The third-order valence-corrected chi connectivity index (χ3v) is 4.53. The summed E-state index contributed by atoms with van der Waals surface area (Å²) in [6.07, 6.45) is 0.794. The average molecular weight is 315 g/mol. The average Bonchev–Trinajstić information content (AvgIpc) is 2.97. The zero-order chi connectivity index (χ0) is 14.2. The van der Waals surface area contributed by atoms with Gasteiger partial charge in [-0.2, -0.15) is 0 Å². The molecule has 0 aromatic heterocycles. The first kappa shape index (κ1) is 15.1. The number of hydrogen-bond acceptors (Lipinski definition) is 2. The van der Waals surface area contributed by atoms with Crippen molar-refractivity contribution < 1.29 is 4.79 Å². The Morgan fingerprint density at radius 2 is 1.45 bits per heavy atom. The SMILES string of the molecule is Cl.O=C(C1Cc2ccccc2CN1)N1Cc2ccccc2C1. The van der Waals surface area contributed by atoms with Crippen molar-refractivity contribution in [2.24, 2.45) is 0 Å². The molecule has 4 heteroatoms. The minimum Gasteiger partial charge on any atom is -0.333 e. The van der Waals surface area contributed by atoms with Crippen molar-refractivity contribution in [3.8, 4) is 0 Å². The Balaban J connectivity index is 0.00000144. The van der Waals surface area contributed by atoms with Crippen molar-refractivity contribution in [3.63, 3.8) is 0 Å². The van der Waals surface area contributed by atoms with E-state index in [1.807, 2.05) is 17.0 Å². The monoisotopic (exact) mass is 314 g/mol. The first-order valence-corrected chi connectivity index (χ1v) is 7.47. The summed E-state index contributed by atoms with van der Waals surface area (Å²) < 4.78 is 0. The van der Waals surface area contributed by atoms with E-state index in [-0.39, 0.29) is 24.4 Å². The molecule has 1 atom stereocenters. The number of carbonyl (C=O) groups is 1. The van der Waals surface area contributed by atoms with Crippen molar-refractivity contribution in [3.05, 3.63) is 70.8 Å². The molecule has 2 heterocycles. The van der Waals surface area contributed by atoms with Gasteiger partial charge in [0.15, 0.2) is 0 Å². The summed E-state index contributed by atoms with van der Waals surface area (Å²) in [4.78, 5) is 14.7. The first-order chi connectivity index (χ1) is 10.3. The predicted molar refractivity (Wildman–Crippen MR) is 88.7 cm³/mol. The Morgan fingerprint density at radius 3 is 2.09 bits per heavy atom. The zero-order valence-corrected chi connectivity index (χ0v) is 13.1. The van der Waals surface area contributed by atoms with Gasteiger partial charge in [0, 0.05) is 19.6 Å². The van der Waals surface area contributed by atoms with Gasteiger partial charge in [0.25, 0.3) is 0 Å². The number of carbonyl (C=O) groups excluding carboxylic acids is 1. The highest BCUT2D eigenvalue weighted by atomic mass is 35.5. The summed E-state index contributed by atoms with van der Waals surface area (Å²) in [5.74, 6) is 0.223. The lowest BCUT2D eigenvalue weighted by Crippen LogP contribution is -2.47. The number of amides is 1. The Kier molecular flexibility index (Phi) is 4.19. The molecule has 0 radical (unpaired) electrons. The molecular weight excluding hydrogens is 296 g/mol. The Labute approximate surface area is 136 Å². The van der Waals surface area contributed by atoms with Crippen LogP contribution in [0.25, 0.3) is 0 Å². The minimum absolute atomic E-state index is 0. The molecule has 0 saturated carbocycles. The van der Waals surface area contributed by atoms with Gasteiger partial charge in [-0.25, -0.2) is 0 Å². The molecule has 114 valence electrons. The number of fused-ring (bicyclic) bond motifs is 2. The number of hydrogen-bond donors (Lipinski definition) is 1. The van der Waals surface area contributed by atoms with E-state index in [2.05, 4.69) is 41.7 Å². The number of rotatable bonds is 1. The maximum Gasteiger partial charge on any atom is 0.240 e. The van der Waals surface area contributed by atoms with Gasteiger partial charge in [0.2, 0.25) is 5.91 Å². The van der Waals surface area contributed by atoms with Crippen LogP contribution < -0.4 is 5.32 Å². The van der Waals surface area contributed by atoms with Gasteiger partial charge in [0.05, 0.1) is 6.04 Å². The maximum atomic E-state index is 12.7. The predicted octanol–water partition coefficient (Wildman–Crippen LogP) is 2.67. The molecule has 22 heavy (non-hydrogen) atoms. The Morgan fingerprint density at radius 1 is 0.909 bits per heavy atom. The fourth-order valence-corrected chi connectivity index (χ4v) is 3.34. The molecule has 3 nitrogen and oxygen atoms in total. The van der Waals surface area contributed by atoms with Gasteiger partial charge in [-0.1, -0.05) is 48.5 Å². The first-order valence-electron chi connectivity index (χ1n) is 7.47. The number of nitrogens with zero attached hydrogens (tertiary/aromatic N) is 1. The van der Waals surface area contributed by atoms with Crippen LogP contribution in [0.5, 0.6) is 0 Å². The standard InChI is InChI=1S/C18H18N2O.ClH/c21-18(20-11-15-7-3-4-8-16(15)12-20)17-9-13-5-1-2-6-14(13)10-19-17;/h1-8,17,19H,9-12H2;1H. The highest BCUT2D eigenvalue weighted by Gasteiger charge is 2.30. The normalized spacial score (nSPS) is 19.1. The second kappa shape index (κ2) is 6.11. The molecule has 1 N–H and O–H groups in total. The van der Waals surface area contributed by atoms with E-state index in [0.717, 1.165) is 26.1 Å². The molecule has 0 fully saturated rings. The smallest absolute Gasteiger partial charge is 0.240 e. The summed E-state index contributed by atoms with van der Waals surface area (Å²) in [5, 5.41) is 3.39. The zero-order valence-electron chi connectivity index (χ0n) is 12.3. The summed E-state index contributed by atoms with van der Waals surface area (Å²) in [5.41, 5.74) is 5.17. The van der Waals surface area contributed by atoms with Crippen molar-refractivity contribution in [2.75, 3.05) is 0 Å². The molecule has 1 unspecified atom stereocenters. The lowest BCUT2D eigenvalue weighted by molar-refractivity contribution is -0.134. The largest absolute Gasteiger partial charge is 0.333 e. The van der Waals surface area contributed by atoms with Gasteiger partial charge in [-0.15, -0.1) is 12.4 Å². The fourth-order valence-electron chi connectivity index (χ4n) is 3.34. The van der Waals surface area contributed by atoms with Crippen LogP contribution in [0.1, 0.15) is 22.3 Å². The van der Waals surface area contributed by atoms with Crippen LogP contribution in [0.4, 0.5) is 0 Å². The van der Waals surface area contributed by atoms with Crippen LogP contribution in [0, 0.1) is 0 Å². The molecule has 1 amide bonds. The van der Waals surface area contributed by atoms with Crippen LogP contribution in [-0.2, 0) is 30.8 Å². The highest BCUT2D eigenvalue weighted by molar-refractivity contribution is 5.85. The molecule has 4 rings (SSSR count). The maximum absolute atomic E-state index is 12.7. The lowest BCUT2D eigenvalue weighted by Gasteiger charge is -2.28. The number of halogens is 1. The lowest BCUT2D eigenvalue weighted by atomic mass is 9.95. The van der Waals surface area contributed by atoms with E-state index >= 15 is 0 Å². The van der Waals surface area contributed by atoms with Crippen molar-refractivity contribution in [2.45, 2.75) is 32.1 Å². The summed E-state index contributed by atoms with van der Waals surface area (Å²) >= 11 is 0. The van der Waals surface area contributed by atoms with Crippen LogP contribution in [0.2, 0.25) is 0 Å².